The molecule has 0 aromatic heterocycles. The quantitative estimate of drug-likeness (QED) is 0.784. The van der Waals surface area contributed by atoms with Crippen molar-refractivity contribution in [1.82, 2.24) is 0 Å². The Balaban J connectivity index is 2.63. The fraction of sp³-hybridized carbons (Fsp3) is 0.273. The van der Waals surface area contributed by atoms with Crippen LogP contribution in [0.5, 0.6) is 0 Å². The predicted molar refractivity (Wildman–Crippen MR) is 55.1 cm³/mol. The van der Waals surface area contributed by atoms with E-state index in [-0.39, 0.29) is 23.2 Å². The average molecular weight is 259 g/mol. The van der Waals surface area contributed by atoms with Gasteiger partial charge in [-0.25, -0.2) is 4.79 Å². The molecule has 1 aromatic rings. The van der Waals surface area contributed by atoms with Crippen molar-refractivity contribution < 1.29 is 27.5 Å². The monoisotopic (exact) mass is 259 g/mol. The van der Waals surface area contributed by atoms with E-state index in [0.29, 0.717) is 0 Å². The lowest BCUT2D eigenvalue weighted by Crippen LogP contribution is -2.12. The van der Waals surface area contributed by atoms with Crippen LogP contribution in [0, 0.1) is 0 Å². The van der Waals surface area contributed by atoms with Crippen LogP contribution in [0.4, 0.5) is 18.9 Å². The zero-order valence-electron chi connectivity index (χ0n) is 9.22. The molecule has 4 nitrogen and oxygen atoms in total. The van der Waals surface area contributed by atoms with Crippen LogP contribution in [0.25, 0.3) is 0 Å². The largest absolute Gasteiger partial charge is 0.465 e. The predicted octanol–water partition coefficient (Wildman–Crippen LogP) is 1.99. The number of ether oxygens (including phenoxy) is 1. The first-order chi connectivity index (χ1) is 8.34. The first kappa shape index (κ1) is 12.4. The van der Waals surface area contributed by atoms with Gasteiger partial charge in [-0.2, -0.15) is 13.2 Å². The number of halogens is 3. The highest BCUT2D eigenvalue weighted by atomic mass is 19.4. The Bertz CT molecular complexity index is 537. The second-order valence-corrected chi connectivity index (χ2v) is 3.73. The second kappa shape index (κ2) is 4.01. The van der Waals surface area contributed by atoms with Gasteiger partial charge in [0.2, 0.25) is 5.91 Å². The smallest absolute Gasteiger partial charge is 0.418 e. The zero-order valence-corrected chi connectivity index (χ0v) is 9.22. The molecule has 1 amide bonds. The molecular formula is C11H8F3NO3. The van der Waals surface area contributed by atoms with Crippen LogP contribution in [0.15, 0.2) is 12.1 Å². The Hall–Kier alpha value is -2.05. The summed E-state index contributed by atoms with van der Waals surface area (Å²) in [6.45, 7) is 0. The average Bonchev–Trinajstić information content (AvgIpc) is 2.66. The molecule has 0 unspecified atom stereocenters. The number of carbonyl (C=O) groups is 2. The standard InChI is InChI=1S/C11H8F3NO3/c1-18-10(17)5-2-3-7(11(12,13)14)9-6(5)4-8(16)15-9/h2-3H,4H2,1H3,(H,15,16). The third-order valence-electron chi connectivity index (χ3n) is 2.63. The number of benzene rings is 1. The Morgan fingerprint density at radius 1 is 1.39 bits per heavy atom. The van der Waals surface area contributed by atoms with Crippen LogP contribution in [0.3, 0.4) is 0 Å². The van der Waals surface area contributed by atoms with Crippen LogP contribution in [0.2, 0.25) is 0 Å². The third-order valence-corrected chi connectivity index (χ3v) is 2.63. The number of hydrogen-bond acceptors (Lipinski definition) is 3. The highest BCUT2D eigenvalue weighted by molar-refractivity contribution is 6.05. The van der Waals surface area contributed by atoms with Crippen LogP contribution in [0.1, 0.15) is 21.5 Å². The van der Waals surface area contributed by atoms with Crippen LogP contribution >= 0.6 is 0 Å². The molecule has 0 fully saturated rings. The summed E-state index contributed by atoms with van der Waals surface area (Å²) in [6.07, 6.45) is -4.85. The van der Waals surface area contributed by atoms with Crippen molar-refractivity contribution in [2.45, 2.75) is 12.6 Å². The number of alkyl halides is 3. The molecule has 1 N–H and O–H groups in total. The number of fused-ring (bicyclic) bond motifs is 1. The van der Waals surface area contributed by atoms with Gasteiger partial charge in [-0.15, -0.1) is 0 Å². The minimum absolute atomic E-state index is 0.0288. The van der Waals surface area contributed by atoms with Crippen molar-refractivity contribution in [1.29, 1.82) is 0 Å². The maximum atomic E-state index is 12.7. The summed E-state index contributed by atoms with van der Waals surface area (Å²) < 4.78 is 42.6. The highest BCUT2D eigenvalue weighted by Crippen LogP contribution is 2.40. The highest BCUT2D eigenvalue weighted by Gasteiger charge is 2.38. The van der Waals surface area contributed by atoms with E-state index in [1.54, 1.807) is 0 Å². The van der Waals surface area contributed by atoms with E-state index in [1.165, 1.54) is 0 Å². The molecule has 1 aromatic carbocycles. The fourth-order valence-corrected chi connectivity index (χ4v) is 1.86. The van der Waals surface area contributed by atoms with Crippen molar-refractivity contribution in [3.05, 3.63) is 28.8 Å². The molecule has 1 heterocycles. The first-order valence-electron chi connectivity index (χ1n) is 4.96. The van der Waals surface area contributed by atoms with Crippen molar-refractivity contribution in [3.63, 3.8) is 0 Å². The lowest BCUT2D eigenvalue weighted by molar-refractivity contribution is -0.136. The number of amides is 1. The van der Waals surface area contributed by atoms with E-state index in [2.05, 4.69) is 10.1 Å². The summed E-state index contributed by atoms with van der Waals surface area (Å²) in [7, 11) is 1.12. The van der Waals surface area contributed by atoms with E-state index in [1.807, 2.05) is 0 Å². The first-order valence-corrected chi connectivity index (χ1v) is 4.96. The van der Waals surface area contributed by atoms with Gasteiger partial charge in [0.25, 0.3) is 0 Å². The molecule has 2 rings (SSSR count). The number of nitrogens with one attached hydrogen (secondary N) is 1. The van der Waals surface area contributed by atoms with Gasteiger partial charge in [-0.05, 0) is 12.1 Å². The lowest BCUT2D eigenvalue weighted by atomic mass is 10.0. The molecule has 0 spiro atoms. The number of carbonyl (C=O) groups excluding carboxylic acids is 2. The number of hydrogen-bond donors (Lipinski definition) is 1. The lowest BCUT2D eigenvalue weighted by Gasteiger charge is -2.13. The van der Waals surface area contributed by atoms with E-state index < -0.39 is 23.6 Å². The van der Waals surface area contributed by atoms with E-state index in [9.17, 15) is 22.8 Å². The number of esters is 1. The molecule has 0 atom stereocenters. The molecule has 0 aliphatic carbocycles. The Morgan fingerprint density at radius 2 is 2.06 bits per heavy atom. The van der Waals surface area contributed by atoms with Gasteiger partial charge in [0.15, 0.2) is 0 Å². The summed E-state index contributed by atoms with van der Waals surface area (Å²) >= 11 is 0. The van der Waals surface area contributed by atoms with Gasteiger partial charge in [0, 0.05) is 5.56 Å². The molecule has 0 radical (unpaired) electrons. The van der Waals surface area contributed by atoms with E-state index >= 15 is 0 Å². The van der Waals surface area contributed by atoms with E-state index in [0.717, 1.165) is 19.2 Å². The topological polar surface area (TPSA) is 55.4 Å². The number of rotatable bonds is 1. The maximum Gasteiger partial charge on any atom is 0.418 e. The molecule has 96 valence electrons. The SMILES string of the molecule is COC(=O)c1ccc(C(F)(F)F)c2c1CC(=O)N2. The Kier molecular flexibility index (Phi) is 2.76. The van der Waals surface area contributed by atoms with Crippen LogP contribution < -0.4 is 5.32 Å². The fourth-order valence-electron chi connectivity index (χ4n) is 1.86. The molecule has 1 aliphatic heterocycles. The van der Waals surface area contributed by atoms with Gasteiger partial charge in [0.1, 0.15) is 0 Å². The van der Waals surface area contributed by atoms with Crippen molar-refractivity contribution >= 4 is 17.6 Å². The maximum absolute atomic E-state index is 12.7. The summed E-state index contributed by atoms with van der Waals surface area (Å²) in [5.74, 6) is -1.34. The summed E-state index contributed by atoms with van der Waals surface area (Å²) in [5, 5.41) is 2.13. The summed E-state index contributed by atoms with van der Waals surface area (Å²) in [4.78, 5) is 22.6. The Labute approximate surface area is 99.7 Å². The van der Waals surface area contributed by atoms with Gasteiger partial charge >= 0.3 is 12.1 Å². The van der Waals surface area contributed by atoms with Crippen molar-refractivity contribution in [2.24, 2.45) is 0 Å². The van der Waals surface area contributed by atoms with Gasteiger partial charge in [-0.1, -0.05) is 0 Å². The number of anilines is 1. The van der Waals surface area contributed by atoms with Gasteiger partial charge in [0.05, 0.1) is 30.3 Å². The van der Waals surface area contributed by atoms with Crippen LogP contribution in [-0.4, -0.2) is 19.0 Å². The minimum Gasteiger partial charge on any atom is -0.465 e. The summed E-state index contributed by atoms with van der Waals surface area (Å²) in [6, 6.07) is 1.78. The molecular weight excluding hydrogens is 251 g/mol. The molecule has 7 heteroatoms. The second-order valence-electron chi connectivity index (χ2n) is 3.73. The van der Waals surface area contributed by atoms with Crippen molar-refractivity contribution in [2.75, 3.05) is 12.4 Å². The van der Waals surface area contributed by atoms with Crippen molar-refractivity contribution in [3.8, 4) is 0 Å². The van der Waals surface area contributed by atoms with Gasteiger partial charge < -0.3 is 10.1 Å². The molecule has 18 heavy (non-hydrogen) atoms. The van der Waals surface area contributed by atoms with E-state index in [4.69, 9.17) is 0 Å². The third kappa shape index (κ3) is 1.92. The minimum atomic E-state index is -4.59. The number of methoxy groups -OCH3 is 1. The molecule has 0 saturated carbocycles. The molecule has 1 aliphatic rings. The van der Waals surface area contributed by atoms with Crippen LogP contribution in [-0.2, 0) is 22.1 Å². The Morgan fingerprint density at radius 3 is 2.61 bits per heavy atom. The molecule has 0 bridgehead atoms. The normalized spacial score (nSPS) is 14.1. The zero-order chi connectivity index (χ0) is 13.5. The molecule has 0 saturated heterocycles. The van der Waals surface area contributed by atoms with Gasteiger partial charge in [-0.3, -0.25) is 4.79 Å². The summed E-state index contributed by atoms with van der Waals surface area (Å²) in [5.41, 5.74) is -1.31.